The summed E-state index contributed by atoms with van der Waals surface area (Å²) >= 11 is 11.8. The van der Waals surface area contributed by atoms with Gasteiger partial charge in [-0.05, 0) is 18.2 Å². The summed E-state index contributed by atoms with van der Waals surface area (Å²) in [6.07, 6.45) is 0. The van der Waals surface area contributed by atoms with Gasteiger partial charge in [-0.2, -0.15) is 0 Å². The van der Waals surface area contributed by atoms with E-state index in [1.165, 1.54) is 20.2 Å². The van der Waals surface area contributed by atoms with Crippen molar-refractivity contribution in [2.75, 3.05) is 38.4 Å². The first-order valence-electron chi connectivity index (χ1n) is 7.19. The predicted molar refractivity (Wildman–Crippen MR) is 94.2 cm³/mol. The standard InChI is InChI=1S/C14H19Cl2N3O4S/c1-19(2)24(21,22)8-9-6-23-7-13(9)18-14(20)17-12-4-3-10(15)5-11(12)16/h3-5,9,13H,6-8H2,1-2H3,(H2,17,18,20)/t9-,13-/m0/s1. The van der Waals surface area contributed by atoms with Crippen molar-refractivity contribution < 1.29 is 17.9 Å². The van der Waals surface area contributed by atoms with Crippen LogP contribution in [0.2, 0.25) is 10.0 Å². The maximum Gasteiger partial charge on any atom is 0.319 e. The number of rotatable bonds is 5. The highest BCUT2D eigenvalue weighted by Crippen LogP contribution is 2.25. The second-order valence-electron chi connectivity index (χ2n) is 5.69. The molecule has 1 aromatic carbocycles. The van der Waals surface area contributed by atoms with Gasteiger partial charge in [-0.1, -0.05) is 23.2 Å². The third kappa shape index (κ3) is 4.97. The van der Waals surface area contributed by atoms with Crippen molar-refractivity contribution in [3.05, 3.63) is 28.2 Å². The number of amides is 2. The molecule has 0 unspecified atom stereocenters. The van der Waals surface area contributed by atoms with Crippen molar-refractivity contribution in [2.45, 2.75) is 6.04 Å². The Morgan fingerprint density at radius 1 is 1.33 bits per heavy atom. The zero-order valence-electron chi connectivity index (χ0n) is 13.3. The molecule has 2 atom stereocenters. The average molecular weight is 396 g/mol. The van der Waals surface area contributed by atoms with E-state index >= 15 is 0 Å². The van der Waals surface area contributed by atoms with Crippen LogP contribution in [0.5, 0.6) is 0 Å². The highest BCUT2D eigenvalue weighted by atomic mass is 35.5. The molecule has 0 bridgehead atoms. The first-order chi connectivity index (χ1) is 11.2. The zero-order valence-corrected chi connectivity index (χ0v) is 15.6. The molecular weight excluding hydrogens is 377 g/mol. The molecule has 0 aromatic heterocycles. The van der Waals surface area contributed by atoms with Gasteiger partial charge in [0.25, 0.3) is 0 Å². The number of urea groups is 1. The Hall–Kier alpha value is -1.06. The first kappa shape index (κ1) is 19.3. The Morgan fingerprint density at radius 3 is 2.67 bits per heavy atom. The van der Waals surface area contributed by atoms with Gasteiger partial charge in [0.05, 0.1) is 35.7 Å². The minimum Gasteiger partial charge on any atom is -0.379 e. The lowest BCUT2D eigenvalue weighted by Gasteiger charge is -2.21. The maximum absolute atomic E-state index is 12.1. The molecule has 0 aliphatic carbocycles. The van der Waals surface area contributed by atoms with Crippen molar-refractivity contribution in [1.29, 1.82) is 0 Å². The molecular formula is C14H19Cl2N3O4S. The van der Waals surface area contributed by atoms with E-state index in [9.17, 15) is 13.2 Å². The lowest BCUT2D eigenvalue weighted by Crippen LogP contribution is -2.45. The van der Waals surface area contributed by atoms with Gasteiger partial charge in [-0.3, -0.25) is 0 Å². The second kappa shape index (κ2) is 7.88. The van der Waals surface area contributed by atoms with Crippen molar-refractivity contribution >= 4 is 44.9 Å². The Balaban J connectivity index is 1.97. The van der Waals surface area contributed by atoms with Crippen molar-refractivity contribution in [1.82, 2.24) is 9.62 Å². The maximum atomic E-state index is 12.1. The van der Waals surface area contributed by atoms with Crippen LogP contribution < -0.4 is 10.6 Å². The fourth-order valence-corrected chi connectivity index (χ4v) is 3.88. The van der Waals surface area contributed by atoms with Crippen LogP contribution in [0, 0.1) is 5.92 Å². The lowest BCUT2D eigenvalue weighted by atomic mass is 10.1. The number of anilines is 1. The summed E-state index contributed by atoms with van der Waals surface area (Å²) < 4.78 is 30.5. The van der Waals surface area contributed by atoms with Crippen LogP contribution in [0.15, 0.2) is 18.2 Å². The van der Waals surface area contributed by atoms with Gasteiger partial charge in [-0.25, -0.2) is 17.5 Å². The fraction of sp³-hybridized carbons (Fsp3) is 0.500. The van der Waals surface area contributed by atoms with Gasteiger partial charge in [0, 0.05) is 25.0 Å². The summed E-state index contributed by atoms with van der Waals surface area (Å²) in [5, 5.41) is 6.12. The SMILES string of the molecule is CN(C)S(=O)(=O)C[C@@H]1COC[C@@H]1NC(=O)Nc1ccc(Cl)cc1Cl. The Labute approximate surface area is 151 Å². The van der Waals surface area contributed by atoms with Gasteiger partial charge in [0.1, 0.15) is 0 Å². The summed E-state index contributed by atoms with van der Waals surface area (Å²) in [5.74, 6) is -0.407. The highest BCUT2D eigenvalue weighted by Gasteiger charge is 2.34. The Bertz CT molecular complexity index is 712. The number of ether oxygens (including phenoxy) is 1. The number of hydrogen-bond donors (Lipinski definition) is 2. The van der Waals surface area contributed by atoms with E-state index in [1.807, 2.05) is 0 Å². The molecule has 1 heterocycles. The van der Waals surface area contributed by atoms with Gasteiger partial charge in [0.2, 0.25) is 10.0 Å². The first-order valence-corrected chi connectivity index (χ1v) is 9.56. The monoisotopic (exact) mass is 395 g/mol. The van der Waals surface area contributed by atoms with E-state index in [0.717, 1.165) is 4.31 Å². The molecule has 2 N–H and O–H groups in total. The van der Waals surface area contributed by atoms with Gasteiger partial charge in [0.15, 0.2) is 0 Å². The van der Waals surface area contributed by atoms with Crippen LogP contribution in [0.4, 0.5) is 10.5 Å². The van der Waals surface area contributed by atoms with Gasteiger partial charge >= 0.3 is 6.03 Å². The fourth-order valence-electron chi connectivity index (χ4n) is 2.26. The zero-order chi connectivity index (χ0) is 17.9. The number of hydrogen-bond acceptors (Lipinski definition) is 4. The van der Waals surface area contributed by atoms with Crippen LogP contribution in [-0.2, 0) is 14.8 Å². The quantitative estimate of drug-likeness (QED) is 0.797. The second-order valence-corrected chi connectivity index (χ2v) is 8.76. The third-order valence-corrected chi connectivity index (χ3v) is 6.19. The number of nitrogens with zero attached hydrogens (tertiary/aromatic N) is 1. The minimum absolute atomic E-state index is 0.0906. The molecule has 10 heteroatoms. The molecule has 7 nitrogen and oxygen atoms in total. The molecule has 0 radical (unpaired) electrons. The highest BCUT2D eigenvalue weighted by molar-refractivity contribution is 7.89. The molecule has 1 aromatic rings. The number of sulfonamides is 1. The molecule has 1 saturated heterocycles. The van der Waals surface area contributed by atoms with Crippen LogP contribution >= 0.6 is 23.2 Å². The van der Waals surface area contributed by atoms with E-state index < -0.39 is 22.1 Å². The molecule has 134 valence electrons. The predicted octanol–water partition coefficient (Wildman–Crippen LogP) is 2.02. The van der Waals surface area contributed by atoms with E-state index in [0.29, 0.717) is 15.7 Å². The number of benzene rings is 1. The Morgan fingerprint density at radius 2 is 2.04 bits per heavy atom. The van der Waals surface area contributed by atoms with Crippen LogP contribution in [0.3, 0.4) is 0 Å². The van der Waals surface area contributed by atoms with E-state index in [4.69, 9.17) is 27.9 Å². The number of nitrogens with one attached hydrogen (secondary N) is 2. The third-order valence-electron chi connectivity index (χ3n) is 3.68. The van der Waals surface area contributed by atoms with Gasteiger partial charge < -0.3 is 15.4 Å². The van der Waals surface area contributed by atoms with Crippen LogP contribution in [-0.4, -0.2) is 57.9 Å². The topological polar surface area (TPSA) is 87.7 Å². The largest absolute Gasteiger partial charge is 0.379 e. The molecule has 0 spiro atoms. The summed E-state index contributed by atoms with van der Waals surface area (Å²) in [7, 11) is -0.425. The Kier molecular flexibility index (Phi) is 6.33. The van der Waals surface area contributed by atoms with Crippen molar-refractivity contribution in [3.8, 4) is 0 Å². The molecule has 0 saturated carbocycles. The summed E-state index contributed by atoms with van der Waals surface area (Å²) in [6, 6.07) is 3.83. The molecule has 24 heavy (non-hydrogen) atoms. The number of halogens is 2. The molecule has 1 aliphatic heterocycles. The molecule has 2 amide bonds. The van der Waals surface area contributed by atoms with Crippen molar-refractivity contribution in [2.24, 2.45) is 5.92 Å². The number of carbonyl (C=O) groups is 1. The lowest BCUT2D eigenvalue weighted by molar-refractivity contribution is 0.184. The molecule has 2 rings (SSSR count). The molecule has 1 fully saturated rings. The number of carbonyl (C=O) groups excluding carboxylic acids is 1. The summed E-state index contributed by atoms with van der Waals surface area (Å²) in [6.45, 7) is 0.537. The smallest absolute Gasteiger partial charge is 0.319 e. The van der Waals surface area contributed by atoms with E-state index in [-0.39, 0.29) is 24.9 Å². The average Bonchev–Trinajstić information content (AvgIpc) is 2.88. The van der Waals surface area contributed by atoms with E-state index in [2.05, 4.69) is 10.6 Å². The normalized spacial score (nSPS) is 21.0. The van der Waals surface area contributed by atoms with Crippen LogP contribution in [0.1, 0.15) is 0 Å². The van der Waals surface area contributed by atoms with Crippen LogP contribution in [0.25, 0.3) is 0 Å². The summed E-state index contributed by atoms with van der Waals surface area (Å²) in [4.78, 5) is 12.1. The molecule has 1 aliphatic rings. The summed E-state index contributed by atoms with van der Waals surface area (Å²) in [5.41, 5.74) is 0.412. The van der Waals surface area contributed by atoms with Gasteiger partial charge in [-0.15, -0.1) is 0 Å². The van der Waals surface area contributed by atoms with E-state index in [1.54, 1.807) is 12.1 Å². The minimum atomic E-state index is -3.37. The van der Waals surface area contributed by atoms with Crippen molar-refractivity contribution in [3.63, 3.8) is 0 Å².